The Morgan fingerprint density at radius 2 is 1.55 bits per heavy atom. The minimum atomic E-state index is -4.33. The van der Waals surface area contributed by atoms with E-state index in [9.17, 15) is 18.0 Å². The summed E-state index contributed by atoms with van der Waals surface area (Å²) < 4.78 is 37.7. The fourth-order valence-corrected chi connectivity index (χ4v) is 2.41. The zero-order valence-corrected chi connectivity index (χ0v) is 18.3. The minimum Gasteiger partial charge on any atom is -0.356 e. The monoisotopic (exact) mass is 520 g/mol. The van der Waals surface area contributed by atoms with E-state index in [-0.39, 0.29) is 29.9 Å². The second kappa shape index (κ2) is 12.3. The molecule has 0 saturated carbocycles. The Hall–Kier alpha value is -2.30. The van der Waals surface area contributed by atoms with Crippen LogP contribution in [0.4, 0.5) is 13.2 Å². The molecular formula is C20H24F3IN4O. The topological polar surface area (TPSA) is 65.5 Å². The van der Waals surface area contributed by atoms with Crippen LogP contribution in [0.5, 0.6) is 0 Å². The van der Waals surface area contributed by atoms with Crippen LogP contribution in [0.25, 0.3) is 0 Å². The first-order valence-electron chi connectivity index (χ1n) is 8.84. The lowest BCUT2D eigenvalue weighted by molar-refractivity contribution is -0.137. The highest BCUT2D eigenvalue weighted by Crippen LogP contribution is 2.28. The molecule has 0 unspecified atom stereocenters. The number of rotatable bonds is 7. The van der Waals surface area contributed by atoms with Gasteiger partial charge in [-0.15, -0.1) is 24.0 Å². The molecule has 0 saturated heterocycles. The molecule has 9 heteroatoms. The molecule has 0 bridgehead atoms. The van der Waals surface area contributed by atoms with E-state index in [1.807, 2.05) is 18.2 Å². The van der Waals surface area contributed by atoms with Gasteiger partial charge in [-0.05, 0) is 36.2 Å². The number of alkyl halides is 3. The summed E-state index contributed by atoms with van der Waals surface area (Å²) in [7, 11) is 1.61. The summed E-state index contributed by atoms with van der Waals surface area (Å²) in [6, 6.07) is 14.0. The first-order valence-corrected chi connectivity index (χ1v) is 8.84. The third-order valence-electron chi connectivity index (χ3n) is 3.93. The number of guanidine groups is 1. The molecule has 0 aliphatic heterocycles. The molecule has 0 heterocycles. The van der Waals surface area contributed by atoms with Gasteiger partial charge in [-0.2, -0.15) is 13.2 Å². The fourth-order valence-electron chi connectivity index (χ4n) is 2.41. The maximum atomic E-state index is 12.6. The summed E-state index contributed by atoms with van der Waals surface area (Å²) >= 11 is 0. The maximum absolute atomic E-state index is 12.6. The summed E-state index contributed by atoms with van der Waals surface area (Å²) in [6.45, 7) is 1.45. The number of carbonyl (C=O) groups excluding carboxylic acids is 1. The Morgan fingerprint density at radius 3 is 2.14 bits per heavy atom. The number of nitrogens with one attached hydrogen (secondary N) is 3. The standard InChI is InChI=1S/C20H23F3N4O.HI/c1-24-19(27-14-15-8-10-17(11-9-15)20(21,22)23)26-13-5-12-25-18(28)16-6-3-2-4-7-16;/h2-4,6-11H,5,12-14H2,1H3,(H,25,28)(H2,24,26,27);1H. The Morgan fingerprint density at radius 1 is 0.931 bits per heavy atom. The Labute approximate surface area is 185 Å². The third kappa shape index (κ3) is 8.71. The van der Waals surface area contributed by atoms with E-state index in [0.717, 1.165) is 12.1 Å². The van der Waals surface area contributed by atoms with Gasteiger partial charge in [0.25, 0.3) is 5.91 Å². The van der Waals surface area contributed by atoms with Gasteiger partial charge in [0, 0.05) is 32.2 Å². The van der Waals surface area contributed by atoms with Gasteiger partial charge in [-0.3, -0.25) is 9.79 Å². The van der Waals surface area contributed by atoms with Crippen LogP contribution in [0.15, 0.2) is 59.6 Å². The lowest BCUT2D eigenvalue weighted by Gasteiger charge is -2.13. The smallest absolute Gasteiger partial charge is 0.356 e. The lowest BCUT2D eigenvalue weighted by atomic mass is 10.1. The highest BCUT2D eigenvalue weighted by atomic mass is 127. The Balaban J connectivity index is 0.00000420. The quantitative estimate of drug-likeness (QED) is 0.225. The molecule has 0 aliphatic rings. The van der Waals surface area contributed by atoms with Gasteiger partial charge in [-0.25, -0.2) is 0 Å². The number of aliphatic imine (C=N–C) groups is 1. The number of amides is 1. The molecule has 3 N–H and O–H groups in total. The van der Waals surface area contributed by atoms with Gasteiger partial charge in [-0.1, -0.05) is 30.3 Å². The molecule has 0 spiro atoms. The first kappa shape index (κ1) is 24.7. The lowest BCUT2D eigenvalue weighted by Crippen LogP contribution is -2.38. The van der Waals surface area contributed by atoms with Crippen molar-refractivity contribution in [2.45, 2.75) is 19.1 Å². The van der Waals surface area contributed by atoms with Crippen LogP contribution in [-0.2, 0) is 12.7 Å². The third-order valence-corrected chi connectivity index (χ3v) is 3.93. The van der Waals surface area contributed by atoms with Gasteiger partial charge in [0.1, 0.15) is 0 Å². The predicted molar refractivity (Wildman–Crippen MR) is 118 cm³/mol. The van der Waals surface area contributed by atoms with Crippen molar-refractivity contribution in [1.82, 2.24) is 16.0 Å². The second-order valence-corrected chi connectivity index (χ2v) is 6.02. The first-order chi connectivity index (χ1) is 13.4. The molecule has 29 heavy (non-hydrogen) atoms. The van der Waals surface area contributed by atoms with Gasteiger partial charge in [0.05, 0.1) is 5.56 Å². The van der Waals surface area contributed by atoms with E-state index >= 15 is 0 Å². The van der Waals surface area contributed by atoms with Crippen LogP contribution < -0.4 is 16.0 Å². The summed E-state index contributed by atoms with van der Waals surface area (Å²) in [6.07, 6.45) is -3.64. The normalized spacial score (nSPS) is 11.4. The van der Waals surface area contributed by atoms with E-state index < -0.39 is 11.7 Å². The summed E-state index contributed by atoms with van der Waals surface area (Å²) in [5.74, 6) is 0.416. The van der Waals surface area contributed by atoms with Crippen molar-refractivity contribution in [2.24, 2.45) is 4.99 Å². The number of nitrogens with zero attached hydrogens (tertiary/aromatic N) is 1. The van der Waals surface area contributed by atoms with Crippen molar-refractivity contribution >= 4 is 35.8 Å². The molecule has 0 aromatic heterocycles. The van der Waals surface area contributed by atoms with Crippen molar-refractivity contribution in [2.75, 3.05) is 20.1 Å². The van der Waals surface area contributed by atoms with Crippen LogP contribution in [0.3, 0.4) is 0 Å². The Bertz CT molecular complexity index is 781. The molecular weight excluding hydrogens is 496 g/mol. The predicted octanol–water partition coefficient (Wildman–Crippen LogP) is 3.81. The van der Waals surface area contributed by atoms with Gasteiger partial charge in [0.15, 0.2) is 5.96 Å². The highest BCUT2D eigenvalue weighted by Gasteiger charge is 2.29. The van der Waals surface area contributed by atoms with Crippen LogP contribution in [0.1, 0.15) is 27.9 Å². The second-order valence-electron chi connectivity index (χ2n) is 6.02. The number of carbonyl (C=O) groups is 1. The van der Waals surface area contributed by atoms with E-state index in [1.54, 1.807) is 19.2 Å². The maximum Gasteiger partial charge on any atom is 0.416 e. The summed E-state index contributed by atoms with van der Waals surface area (Å²) in [5, 5.41) is 8.97. The molecule has 5 nitrogen and oxygen atoms in total. The SMILES string of the molecule is CN=C(NCCCNC(=O)c1ccccc1)NCc1ccc(C(F)(F)F)cc1.I. The molecule has 0 atom stereocenters. The van der Waals surface area contributed by atoms with E-state index in [2.05, 4.69) is 20.9 Å². The molecule has 0 fully saturated rings. The van der Waals surface area contributed by atoms with E-state index in [4.69, 9.17) is 0 Å². The average molecular weight is 520 g/mol. The van der Waals surface area contributed by atoms with E-state index in [1.165, 1.54) is 12.1 Å². The summed E-state index contributed by atoms with van der Waals surface area (Å²) in [5.41, 5.74) is 0.659. The van der Waals surface area contributed by atoms with Gasteiger partial charge < -0.3 is 16.0 Å². The van der Waals surface area contributed by atoms with Crippen LogP contribution in [-0.4, -0.2) is 32.0 Å². The molecule has 0 aliphatic carbocycles. The van der Waals surface area contributed by atoms with Crippen molar-refractivity contribution in [3.05, 3.63) is 71.3 Å². The zero-order valence-electron chi connectivity index (χ0n) is 15.9. The van der Waals surface area contributed by atoms with Crippen molar-refractivity contribution < 1.29 is 18.0 Å². The number of hydrogen-bond acceptors (Lipinski definition) is 2. The average Bonchev–Trinajstić information content (AvgIpc) is 2.70. The van der Waals surface area contributed by atoms with Crippen LogP contribution in [0, 0.1) is 0 Å². The van der Waals surface area contributed by atoms with Gasteiger partial charge >= 0.3 is 6.18 Å². The minimum absolute atomic E-state index is 0. The molecule has 158 valence electrons. The molecule has 2 aromatic carbocycles. The number of halogens is 4. The Kier molecular flexibility index (Phi) is 10.5. The molecule has 2 aromatic rings. The zero-order chi connectivity index (χ0) is 20.4. The summed E-state index contributed by atoms with van der Waals surface area (Å²) in [4.78, 5) is 16.0. The van der Waals surface area contributed by atoms with Crippen LogP contribution in [0.2, 0.25) is 0 Å². The van der Waals surface area contributed by atoms with Crippen molar-refractivity contribution in [1.29, 1.82) is 0 Å². The van der Waals surface area contributed by atoms with Crippen molar-refractivity contribution in [3.8, 4) is 0 Å². The highest BCUT2D eigenvalue weighted by molar-refractivity contribution is 14.0. The molecule has 1 amide bonds. The number of hydrogen-bond donors (Lipinski definition) is 3. The fraction of sp³-hybridized carbons (Fsp3) is 0.300. The molecule has 0 radical (unpaired) electrons. The van der Waals surface area contributed by atoms with Gasteiger partial charge in [0.2, 0.25) is 0 Å². The largest absolute Gasteiger partial charge is 0.416 e. The van der Waals surface area contributed by atoms with Crippen molar-refractivity contribution in [3.63, 3.8) is 0 Å². The van der Waals surface area contributed by atoms with E-state index in [0.29, 0.717) is 43.1 Å². The van der Waals surface area contributed by atoms with Crippen LogP contribution >= 0.6 is 24.0 Å². The molecule has 2 rings (SSSR count). The number of benzene rings is 2.